The highest BCUT2D eigenvalue weighted by atomic mass is 19.1. The molecule has 2 aromatic carbocycles. The number of benzene rings is 2. The SMILES string of the molecule is CC[NH+](CC)Cc1cc(/C(C)=N/Nc2ccc(F)cc2F)ccc1O. The molecule has 2 aromatic rings. The van der Waals surface area contributed by atoms with Crippen molar-refractivity contribution < 1.29 is 18.8 Å². The number of anilines is 1. The number of hydrogen-bond donors (Lipinski definition) is 3. The van der Waals surface area contributed by atoms with Crippen LogP contribution in [-0.4, -0.2) is 23.9 Å². The van der Waals surface area contributed by atoms with E-state index in [0.717, 1.165) is 36.8 Å². The Bertz CT molecular complexity index is 758. The Morgan fingerprint density at radius 3 is 2.48 bits per heavy atom. The van der Waals surface area contributed by atoms with Crippen molar-refractivity contribution in [3.8, 4) is 5.75 Å². The molecule has 0 spiro atoms. The maximum Gasteiger partial charge on any atom is 0.151 e. The second-order valence-corrected chi connectivity index (χ2v) is 5.91. The van der Waals surface area contributed by atoms with E-state index in [1.54, 1.807) is 19.1 Å². The molecule has 0 aromatic heterocycles. The van der Waals surface area contributed by atoms with Crippen molar-refractivity contribution in [2.45, 2.75) is 27.3 Å². The van der Waals surface area contributed by atoms with Crippen LogP contribution >= 0.6 is 0 Å². The summed E-state index contributed by atoms with van der Waals surface area (Å²) in [6.07, 6.45) is 0. The van der Waals surface area contributed by atoms with Crippen LogP contribution in [0.5, 0.6) is 5.75 Å². The van der Waals surface area contributed by atoms with Gasteiger partial charge in [0.05, 0.1) is 24.5 Å². The number of rotatable bonds is 7. The summed E-state index contributed by atoms with van der Waals surface area (Å²) in [6, 6.07) is 8.57. The lowest BCUT2D eigenvalue weighted by molar-refractivity contribution is -0.910. The third kappa shape index (κ3) is 5.00. The summed E-state index contributed by atoms with van der Waals surface area (Å²) in [5, 5.41) is 14.2. The summed E-state index contributed by atoms with van der Waals surface area (Å²) in [6.45, 7) is 8.66. The molecule has 0 saturated carbocycles. The lowest BCUT2D eigenvalue weighted by atomic mass is 10.1. The van der Waals surface area contributed by atoms with Gasteiger partial charge in [0.15, 0.2) is 5.82 Å². The predicted octanol–water partition coefficient (Wildman–Crippen LogP) is 2.93. The average molecular weight is 348 g/mol. The second-order valence-electron chi connectivity index (χ2n) is 5.91. The van der Waals surface area contributed by atoms with Crippen LogP contribution in [0.2, 0.25) is 0 Å². The van der Waals surface area contributed by atoms with E-state index in [-0.39, 0.29) is 11.4 Å². The summed E-state index contributed by atoms with van der Waals surface area (Å²) < 4.78 is 26.6. The molecule has 0 aliphatic carbocycles. The maximum absolute atomic E-state index is 13.6. The molecule has 6 heteroatoms. The molecule has 3 N–H and O–H groups in total. The number of quaternary nitrogens is 1. The lowest BCUT2D eigenvalue weighted by Gasteiger charge is -2.16. The van der Waals surface area contributed by atoms with Gasteiger partial charge in [-0.15, -0.1) is 0 Å². The van der Waals surface area contributed by atoms with E-state index >= 15 is 0 Å². The number of nitrogens with one attached hydrogen (secondary N) is 2. The van der Waals surface area contributed by atoms with Gasteiger partial charge >= 0.3 is 0 Å². The second kappa shape index (κ2) is 8.58. The summed E-state index contributed by atoms with van der Waals surface area (Å²) in [5.41, 5.74) is 5.03. The first-order valence-corrected chi connectivity index (χ1v) is 8.35. The average Bonchev–Trinajstić information content (AvgIpc) is 2.60. The standard InChI is InChI=1S/C19H23F2N3O/c1-4-24(5-2)12-15-10-14(6-9-19(15)25)13(3)22-23-18-8-7-16(20)11-17(18)21/h6-11,23,25H,4-5,12H2,1-3H3/p+1/b22-13+. The largest absolute Gasteiger partial charge is 0.507 e. The topological polar surface area (TPSA) is 49.1 Å². The van der Waals surface area contributed by atoms with Crippen LogP contribution in [-0.2, 0) is 6.54 Å². The number of hydrazone groups is 1. The van der Waals surface area contributed by atoms with Crippen molar-refractivity contribution >= 4 is 11.4 Å². The number of phenols is 1. The molecule has 0 radical (unpaired) electrons. The van der Waals surface area contributed by atoms with Gasteiger partial charge in [-0.25, -0.2) is 8.78 Å². The number of halogens is 2. The quantitative estimate of drug-likeness (QED) is 0.532. The molecule has 0 unspecified atom stereocenters. The van der Waals surface area contributed by atoms with E-state index < -0.39 is 11.6 Å². The highest BCUT2D eigenvalue weighted by Gasteiger charge is 2.11. The fourth-order valence-electron chi connectivity index (χ4n) is 2.51. The van der Waals surface area contributed by atoms with Crippen LogP contribution in [0.15, 0.2) is 41.5 Å². The number of nitrogens with zero attached hydrogens (tertiary/aromatic N) is 1. The van der Waals surface area contributed by atoms with Gasteiger partial charge < -0.3 is 10.0 Å². The molecule has 0 saturated heterocycles. The third-order valence-corrected chi connectivity index (χ3v) is 4.21. The molecular weight excluding hydrogens is 324 g/mol. The predicted molar refractivity (Wildman–Crippen MR) is 96.0 cm³/mol. The van der Waals surface area contributed by atoms with Crippen LogP contribution < -0.4 is 10.3 Å². The van der Waals surface area contributed by atoms with E-state index in [0.29, 0.717) is 5.71 Å². The maximum atomic E-state index is 13.6. The Morgan fingerprint density at radius 2 is 1.84 bits per heavy atom. The molecule has 134 valence electrons. The Labute approximate surface area is 146 Å². The summed E-state index contributed by atoms with van der Waals surface area (Å²) in [7, 11) is 0. The zero-order valence-electron chi connectivity index (χ0n) is 14.7. The van der Waals surface area contributed by atoms with Gasteiger partial charge in [-0.1, -0.05) is 0 Å². The summed E-state index contributed by atoms with van der Waals surface area (Å²) in [5.74, 6) is -1.08. The fraction of sp³-hybridized carbons (Fsp3) is 0.316. The van der Waals surface area contributed by atoms with Crippen molar-refractivity contribution in [1.82, 2.24) is 0 Å². The zero-order chi connectivity index (χ0) is 18.4. The highest BCUT2D eigenvalue weighted by Crippen LogP contribution is 2.19. The third-order valence-electron chi connectivity index (χ3n) is 4.21. The number of phenolic OH excluding ortho intramolecular Hbond substituents is 1. The molecule has 0 atom stereocenters. The minimum Gasteiger partial charge on any atom is -0.507 e. The Kier molecular flexibility index (Phi) is 6.47. The van der Waals surface area contributed by atoms with Crippen molar-refractivity contribution in [2.24, 2.45) is 5.10 Å². The van der Waals surface area contributed by atoms with E-state index in [1.165, 1.54) is 17.0 Å². The van der Waals surface area contributed by atoms with E-state index in [4.69, 9.17) is 0 Å². The minimum absolute atomic E-state index is 0.104. The van der Waals surface area contributed by atoms with Crippen molar-refractivity contribution in [3.63, 3.8) is 0 Å². The van der Waals surface area contributed by atoms with Crippen LogP contribution in [0.25, 0.3) is 0 Å². The zero-order valence-corrected chi connectivity index (χ0v) is 14.7. The first-order chi connectivity index (χ1) is 11.9. The summed E-state index contributed by atoms with van der Waals surface area (Å²) in [4.78, 5) is 1.36. The monoisotopic (exact) mass is 348 g/mol. The molecule has 0 fully saturated rings. The van der Waals surface area contributed by atoms with Gasteiger partial charge in [0, 0.05) is 11.6 Å². The normalized spacial score (nSPS) is 11.8. The fourth-order valence-corrected chi connectivity index (χ4v) is 2.51. The molecule has 2 rings (SSSR count). The Morgan fingerprint density at radius 1 is 1.12 bits per heavy atom. The van der Waals surface area contributed by atoms with Crippen LogP contribution in [0, 0.1) is 11.6 Å². The van der Waals surface area contributed by atoms with Crippen LogP contribution in [0.4, 0.5) is 14.5 Å². The molecule has 4 nitrogen and oxygen atoms in total. The van der Waals surface area contributed by atoms with Crippen molar-refractivity contribution in [2.75, 3.05) is 18.5 Å². The first-order valence-electron chi connectivity index (χ1n) is 8.35. The number of hydrogen-bond acceptors (Lipinski definition) is 3. The molecule has 0 amide bonds. The van der Waals surface area contributed by atoms with Crippen molar-refractivity contribution in [3.05, 3.63) is 59.2 Å². The summed E-state index contributed by atoms with van der Waals surface area (Å²) >= 11 is 0. The van der Waals surface area contributed by atoms with Crippen LogP contribution in [0.1, 0.15) is 31.9 Å². The van der Waals surface area contributed by atoms with E-state index in [1.807, 2.05) is 6.07 Å². The molecule has 0 aliphatic rings. The molecule has 0 bridgehead atoms. The highest BCUT2D eigenvalue weighted by molar-refractivity contribution is 5.99. The van der Waals surface area contributed by atoms with Crippen molar-refractivity contribution in [1.29, 1.82) is 0 Å². The van der Waals surface area contributed by atoms with Gasteiger partial charge in [0.2, 0.25) is 0 Å². The molecule has 0 heterocycles. The first kappa shape index (κ1) is 18.9. The van der Waals surface area contributed by atoms with Gasteiger partial charge in [-0.3, -0.25) is 5.43 Å². The Hall–Kier alpha value is -2.47. The molecule has 25 heavy (non-hydrogen) atoms. The van der Waals surface area contributed by atoms with Gasteiger partial charge in [-0.05, 0) is 56.7 Å². The van der Waals surface area contributed by atoms with Gasteiger partial charge in [0.25, 0.3) is 0 Å². The van der Waals surface area contributed by atoms with E-state index in [9.17, 15) is 13.9 Å². The van der Waals surface area contributed by atoms with Crippen LogP contribution in [0.3, 0.4) is 0 Å². The molecular formula is C19H24F2N3O+. The van der Waals surface area contributed by atoms with Gasteiger partial charge in [0.1, 0.15) is 18.1 Å². The Balaban J connectivity index is 2.19. The minimum atomic E-state index is -0.701. The smallest absolute Gasteiger partial charge is 0.151 e. The lowest BCUT2D eigenvalue weighted by Crippen LogP contribution is -3.10. The number of aromatic hydroxyl groups is 1. The van der Waals surface area contributed by atoms with Gasteiger partial charge in [-0.2, -0.15) is 5.10 Å². The van der Waals surface area contributed by atoms with E-state index in [2.05, 4.69) is 24.4 Å². The molecule has 0 aliphatic heterocycles.